The number of carbonyl (C=O) groups excluding carboxylic acids is 1. The van der Waals surface area contributed by atoms with Gasteiger partial charge in [-0.25, -0.2) is 0 Å². The number of halogens is 1. The largest absolute Gasteiger partial charge is 0.462 e. The van der Waals surface area contributed by atoms with E-state index in [2.05, 4.69) is 20.8 Å². The Labute approximate surface area is 115 Å². The molecule has 2 fully saturated rings. The zero-order valence-electron chi connectivity index (χ0n) is 11.8. The summed E-state index contributed by atoms with van der Waals surface area (Å²) in [6.45, 7) is 6.98. The lowest BCUT2D eigenvalue weighted by Crippen LogP contribution is -2.38. The van der Waals surface area contributed by atoms with E-state index in [4.69, 9.17) is 16.3 Å². The second-order valence-electron chi connectivity index (χ2n) is 6.74. The second-order valence-corrected chi connectivity index (χ2v) is 7.11. The molecule has 0 aliphatic heterocycles. The van der Waals surface area contributed by atoms with Crippen molar-refractivity contribution in [2.75, 3.05) is 5.88 Å². The van der Waals surface area contributed by atoms with E-state index in [1.54, 1.807) is 0 Å². The molecule has 2 bridgehead atoms. The Morgan fingerprint density at radius 2 is 2.06 bits per heavy atom. The fraction of sp³-hybridized carbons (Fsp3) is 0.933. The number of rotatable bonds is 5. The van der Waals surface area contributed by atoms with Gasteiger partial charge in [-0.15, -0.1) is 11.6 Å². The number of ether oxygens (including phenoxy) is 1. The maximum absolute atomic E-state index is 11.8. The van der Waals surface area contributed by atoms with E-state index >= 15 is 0 Å². The molecule has 0 aromatic heterocycles. The Morgan fingerprint density at radius 3 is 2.56 bits per heavy atom. The monoisotopic (exact) mass is 272 g/mol. The predicted octanol–water partition coefficient (Wildman–Crippen LogP) is 4.15. The quantitative estimate of drug-likeness (QED) is 0.427. The molecule has 104 valence electrons. The Kier molecular flexibility index (Phi) is 3.96. The molecule has 2 aliphatic rings. The lowest BCUT2D eigenvalue weighted by atomic mass is 9.70. The van der Waals surface area contributed by atoms with Crippen LogP contribution in [0.3, 0.4) is 0 Å². The van der Waals surface area contributed by atoms with Gasteiger partial charge in [0.15, 0.2) is 0 Å². The summed E-state index contributed by atoms with van der Waals surface area (Å²) in [6.07, 6.45) is 5.95. The molecule has 0 N–H and O–H groups in total. The van der Waals surface area contributed by atoms with Gasteiger partial charge in [-0.05, 0) is 43.4 Å². The minimum Gasteiger partial charge on any atom is -0.462 e. The van der Waals surface area contributed by atoms with Crippen LogP contribution in [0.1, 0.15) is 59.3 Å². The summed E-state index contributed by atoms with van der Waals surface area (Å²) in [5, 5.41) is 0. The summed E-state index contributed by atoms with van der Waals surface area (Å²) < 4.78 is 5.75. The minimum atomic E-state index is -0.0327. The molecule has 3 atom stereocenters. The zero-order chi connectivity index (χ0) is 13.4. The van der Waals surface area contributed by atoms with E-state index in [1.807, 2.05) is 0 Å². The van der Waals surface area contributed by atoms with Crippen molar-refractivity contribution >= 4 is 17.6 Å². The van der Waals surface area contributed by atoms with Crippen LogP contribution in [0.5, 0.6) is 0 Å². The van der Waals surface area contributed by atoms with Crippen molar-refractivity contribution < 1.29 is 9.53 Å². The highest BCUT2D eigenvalue weighted by Crippen LogP contribution is 2.66. The Hall–Kier alpha value is -0.240. The van der Waals surface area contributed by atoms with Crippen LogP contribution in [-0.2, 0) is 9.53 Å². The topological polar surface area (TPSA) is 26.3 Å². The molecular formula is C15H25ClO2. The lowest BCUT2D eigenvalue weighted by molar-refractivity contribution is -0.157. The average Bonchev–Trinajstić information content (AvgIpc) is 2.62. The number of alkyl halides is 1. The van der Waals surface area contributed by atoms with Crippen LogP contribution in [-0.4, -0.2) is 18.0 Å². The Morgan fingerprint density at radius 1 is 1.33 bits per heavy atom. The van der Waals surface area contributed by atoms with Gasteiger partial charge in [0.2, 0.25) is 0 Å². The smallest absolute Gasteiger partial charge is 0.306 e. The first-order valence-corrected chi connectivity index (χ1v) is 7.70. The Balaban J connectivity index is 1.90. The molecule has 0 aromatic carbocycles. The number of unbranched alkanes of at least 4 members (excludes halogenated alkanes) is 1. The van der Waals surface area contributed by atoms with Crippen LogP contribution < -0.4 is 0 Å². The molecular weight excluding hydrogens is 248 g/mol. The summed E-state index contributed by atoms with van der Waals surface area (Å²) in [6, 6.07) is 0. The first-order chi connectivity index (χ1) is 8.41. The summed E-state index contributed by atoms with van der Waals surface area (Å²) >= 11 is 5.61. The van der Waals surface area contributed by atoms with Crippen molar-refractivity contribution in [1.29, 1.82) is 0 Å². The van der Waals surface area contributed by atoms with Gasteiger partial charge >= 0.3 is 5.97 Å². The van der Waals surface area contributed by atoms with Gasteiger partial charge in [0.25, 0.3) is 0 Å². The molecule has 0 radical (unpaired) electrons. The maximum Gasteiger partial charge on any atom is 0.306 e. The molecule has 0 amide bonds. The highest BCUT2D eigenvalue weighted by molar-refractivity contribution is 6.17. The molecule has 2 rings (SSSR count). The highest BCUT2D eigenvalue weighted by Gasteiger charge is 2.62. The Bertz CT molecular complexity index is 326. The van der Waals surface area contributed by atoms with E-state index in [0.29, 0.717) is 17.7 Å². The van der Waals surface area contributed by atoms with E-state index in [-0.39, 0.29) is 17.5 Å². The number of carbonyl (C=O) groups is 1. The van der Waals surface area contributed by atoms with Crippen LogP contribution in [0.4, 0.5) is 0 Å². The molecule has 0 heterocycles. The highest BCUT2D eigenvalue weighted by atomic mass is 35.5. The first-order valence-electron chi connectivity index (χ1n) is 7.17. The average molecular weight is 273 g/mol. The van der Waals surface area contributed by atoms with Crippen LogP contribution in [0.15, 0.2) is 0 Å². The van der Waals surface area contributed by atoms with Gasteiger partial charge in [-0.3, -0.25) is 4.79 Å². The van der Waals surface area contributed by atoms with Crippen molar-refractivity contribution in [3.05, 3.63) is 0 Å². The number of hydrogen-bond donors (Lipinski definition) is 0. The number of esters is 1. The molecule has 3 unspecified atom stereocenters. The normalized spacial score (nSPS) is 36.9. The molecule has 0 spiro atoms. The molecule has 18 heavy (non-hydrogen) atoms. The SMILES string of the molecule is CC1(C)C2CCC1(C)C(OC(=O)CCCCCl)C2. The summed E-state index contributed by atoms with van der Waals surface area (Å²) in [7, 11) is 0. The van der Waals surface area contributed by atoms with Gasteiger partial charge in [0, 0.05) is 17.7 Å². The summed E-state index contributed by atoms with van der Waals surface area (Å²) in [5.41, 5.74) is 0.494. The van der Waals surface area contributed by atoms with E-state index in [9.17, 15) is 4.79 Å². The van der Waals surface area contributed by atoms with Gasteiger partial charge in [-0.2, -0.15) is 0 Å². The summed E-state index contributed by atoms with van der Waals surface area (Å²) in [5.74, 6) is 1.32. The summed E-state index contributed by atoms with van der Waals surface area (Å²) in [4.78, 5) is 11.8. The molecule has 3 heteroatoms. The molecule has 0 aromatic rings. The van der Waals surface area contributed by atoms with Gasteiger partial charge in [-0.1, -0.05) is 20.8 Å². The maximum atomic E-state index is 11.8. The fourth-order valence-corrected chi connectivity index (χ4v) is 4.08. The third-order valence-corrected chi connectivity index (χ3v) is 6.02. The second kappa shape index (κ2) is 5.03. The van der Waals surface area contributed by atoms with Crippen molar-refractivity contribution in [3.63, 3.8) is 0 Å². The minimum absolute atomic E-state index is 0.0327. The van der Waals surface area contributed by atoms with Gasteiger partial charge in [0.05, 0.1) is 0 Å². The van der Waals surface area contributed by atoms with Crippen molar-refractivity contribution in [1.82, 2.24) is 0 Å². The van der Waals surface area contributed by atoms with Crippen LogP contribution in [0.25, 0.3) is 0 Å². The first kappa shape index (κ1) is 14.2. The van der Waals surface area contributed by atoms with Crippen LogP contribution in [0, 0.1) is 16.7 Å². The predicted molar refractivity (Wildman–Crippen MR) is 73.7 cm³/mol. The third kappa shape index (κ3) is 2.17. The fourth-order valence-electron chi connectivity index (χ4n) is 3.89. The van der Waals surface area contributed by atoms with Crippen LogP contribution >= 0.6 is 11.6 Å². The molecule has 2 saturated carbocycles. The standard InChI is InChI=1S/C15H25ClO2/c1-14(2)11-7-8-15(14,3)12(10-11)18-13(17)6-4-5-9-16/h11-12H,4-10H2,1-3H3. The van der Waals surface area contributed by atoms with Crippen molar-refractivity contribution in [2.24, 2.45) is 16.7 Å². The van der Waals surface area contributed by atoms with E-state index < -0.39 is 0 Å². The molecule has 2 nitrogen and oxygen atoms in total. The number of hydrogen-bond acceptors (Lipinski definition) is 2. The number of fused-ring (bicyclic) bond motifs is 2. The molecule has 2 aliphatic carbocycles. The van der Waals surface area contributed by atoms with Crippen LogP contribution in [0.2, 0.25) is 0 Å². The van der Waals surface area contributed by atoms with Gasteiger partial charge < -0.3 is 4.74 Å². The third-order valence-electron chi connectivity index (χ3n) is 5.75. The van der Waals surface area contributed by atoms with Crippen molar-refractivity contribution in [2.45, 2.75) is 65.4 Å². The van der Waals surface area contributed by atoms with Gasteiger partial charge in [0.1, 0.15) is 6.10 Å². The van der Waals surface area contributed by atoms with E-state index in [1.165, 1.54) is 12.8 Å². The van der Waals surface area contributed by atoms with E-state index in [0.717, 1.165) is 25.2 Å². The lowest BCUT2D eigenvalue weighted by Gasteiger charge is -2.38. The zero-order valence-corrected chi connectivity index (χ0v) is 12.6. The molecule has 0 saturated heterocycles. The van der Waals surface area contributed by atoms with Crippen molar-refractivity contribution in [3.8, 4) is 0 Å².